The molecule has 1 amide bonds. The normalized spacial score (nSPS) is 10.9. The predicted octanol–water partition coefficient (Wildman–Crippen LogP) is 0.758. The molecule has 7 heteroatoms. The minimum atomic E-state index is -1.07. The lowest BCUT2D eigenvalue weighted by molar-refractivity contribution is -0.145. The van der Waals surface area contributed by atoms with Crippen LogP contribution in [-0.4, -0.2) is 34.1 Å². The van der Waals surface area contributed by atoms with Gasteiger partial charge in [-0.3, -0.25) is 25.8 Å². The first-order valence-electron chi connectivity index (χ1n) is 6.48. The van der Waals surface area contributed by atoms with Gasteiger partial charge in [-0.15, -0.1) is 0 Å². The maximum absolute atomic E-state index is 11.7. The van der Waals surface area contributed by atoms with Crippen molar-refractivity contribution < 1.29 is 14.7 Å². The summed E-state index contributed by atoms with van der Waals surface area (Å²) in [6, 6.07) is 5.25. The largest absolute Gasteiger partial charge is 0.480 e. The molecule has 0 fully saturated rings. The van der Waals surface area contributed by atoms with Gasteiger partial charge in [0.1, 0.15) is 11.4 Å². The van der Waals surface area contributed by atoms with Crippen molar-refractivity contribution in [3.05, 3.63) is 24.4 Å². The first kappa shape index (κ1) is 15.9. The number of carbonyl (C=O) groups excluding carboxylic acids is 1. The Hall–Kier alpha value is -2.15. The second-order valence-electron chi connectivity index (χ2n) is 4.34. The number of anilines is 1. The Morgan fingerprint density at radius 3 is 2.50 bits per heavy atom. The Morgan fingerprint density at radius 1 is 1.30 bits per heavy atom. The molecule has 0 aliphatic heterocycles. The molecular weight excluding hydrogens is 260 g/mol. The lowest BCUT2D eigenvalue weighted by Gasteiger charge is -2.27. The van der Waals surface area contributed by atoms with Gasteiger partial charge in [0, 0.05) is 6.20 Å². The summed E-state index contributed by atoms with van der Waals surface area (Å²) in [4.78, 5) is 26.9. The number of hydrazine groups is 1. The molecule has 1 rings (SSSR count). The van der Waals surface area contributed by atoms with Gasteiger partial charge in [-0.2, -0.15) is 0 Å². The summed E-state index contributed by atoms with van der Waals surface area (Å²) in [6.07, 6.45) is 2.40. The molecule has 0 unspecified atom stereocenters. The van der Waals surface area contributed by atoms with Gasteiger partial charge >= 0.3 is 5.97 Å². The predicted molar refractivity (Wildman–Crippen MR) is 75.0 cm³/mol. The molecule has 0 spiro atoms. The number of hydrogen-bond donors (Lipinski definition) is 4. The first-order valence-corrected chi connectivity index (χ1v) is 6.48. The molecule has 0 aliphatic rings. The molecule has 0 saturated carbocycles. The molecule has 0 radical (unpaired) electrons. The first-order chi connectivity index (χ1) is 9.54. The number of carboxylic acid groups (broad SMARTS) is 1. The van der Waals surface area contributed by atoms with Crippen molar-refractivity contribution >= 4 is 17.7 Å². The van der Waals surface area contributed by atoms with E-state index in [1.54, 1.807) is 38.2 Å². The summed E-state index contributed by atoms with van der Waals surface area (Å²) in [6.45, 7) is 3.46. The average Bonchev–Trinajstić information content (AvgIpc) is 2.47. The van der Waals surface area contributed by atoms with Gasteiger partial charge in [-0.25, -0.2) is 4.98 Å². The number of carboxylic acids is 1. The van der Waals surface area contributed by atoms with Gasteiger partial charge < -0.3 is 5.11 Å². The van der Waals surface area contributed by atoms with E-state index in [9.17, 15) is 14.7 Å². The summed E-state index contributed by atoms with van der Waals surface area (Å²) < 4.78 is 0. The maximum Gasteiger partial charge on any atom is 0.323 e. The zero-order valence-electron chi connectivity index (χ0n) is 11.6. The van der Waals surface area contributed by atoms with E-state index in [0.717, 1.165) is 0 Å². The van der Waals surface area contributed by atoms with Crippen molar-refractivity contribution in [1.82, 2.24) is 15.7 Å². The summed E-state index contributed by atoms with van der Waals surface area (Å²) in [7, 11) is 0. The number of nitrogens with one attached hydrogen (secondary N) is 3. The topological polar surface area (TPSA) is 103 Å². The van der Waals surface area contributed by atoms with Crippen LogP contribution in [0, 0.1) is 0 Å². The fourth-order valence-corrected chi connectivity index (χ4v) is 1.74. The highest BCUT2D eigenvalue weighted by Gasteiger charge is 2.34. The van der Waals surface area contributed by atoms with E-state index in [0.29, 0.717) is 18.7 Å². The Balaban J connectivity index is 2.44. The molecule has 0 bridgehead atoms. The number of hydrogen-bond acceptors (Lipinski definition) is 5. The molecule has 0 aromatic carbocycles. The van der Waals surface area contributed by atoms with Crippen LogP contribution in [0.2, 0.25) is 0 Å². The standard InChI is InChI=1S/C13H20N4O3/c1-3-13(4-2,12(19)20)15-9-11(18)17-16-10-7-5-6-8-14-10/h5-8,15H,3-4,9H2,1-2H3,(H,14,16)(H,17,18)(H,19,20). The highest BCUT2D eigenvalue weighted by atomic mass is 16.4. The molecule has 1 aromatic rings. The van der Waals surface area contributed by atoms with Crippen LogP contribution in [0.4, 0.5) is 5.82 Å². The zero-order chi connectivity index (χ0) is 15.0. The van der Waals surface area contributed by atoms with E-state index >= 15 is 0 Å². The molecule has 0 aliphatic carbocycles. The van der Waals surface area contributed by atoms with Gasteiger partial charge in [-0.05, 0) is 25.0 Å². The number of rotatable bonds is 8. The number of pyridine rings is 1. The van der Waals surface area contributed by atoms with Crippen LogP contribution in [-0.2, 0) is 9.59 Å². The average molecular weight is 280 g/mol. The third-order valence-electron chi connectivity index (χ3n) is 3.20. The fraction of sp³-hybridized carbons (Fsp3) is 0.462. The van der Waals surface area contributed by atoms with Gasteiger partial charge in [0.2, 0.25) is 0 Å². The lowest BCUT2D eigenvalue weighted by atomic mass is 9.93. The second-order valence-corrected chi connectivity index (χ2v) is 4.34. The Bertz CT molecular complexity index is 446. The van der Waals surface area contributed by atoms with E-state index in [1.165, 1.54) is 0 Å². The van der Waals surface area contributed by atoms with E-state index < -0.39 is 11.5 Å². The number of aliphatic carboxylic acids is 1. The molecule has 1 aromatic heterocycles. The SMILES string of the molecule is CCC(CC)(NCC(=O)NNc1ccccn1)C(=O)O. The van der Waals surface area contributed by atoms with Crippen molar-refractivity contribution in [2.45, 2.75) is 32.2 Å². The Labute approximate surface area is 117 Å². The quantitative estimate of drug-likeness (QED) is 0.524. The van der Waals surface area contributed by atoms with Crippen LogP contribution < -0.4 is 16.2 Å². The fourth-order valence-electron chi connectivity index (χ4n) is 1.74. The molecular formula is C13H20N4O3. The molecule has 0 saturated heterocycles. The highest BCUT2D eigenvalue weighted by Crippen LogP contribution is 2.14. The van der Waals surface area contributed by atoms with E-state index in [4.69, 9.17) is 0 Å². The highest BCUT2D eigenvalue weighted by molar-refractivity contribution is 5.82. The van der Waals surface area contributed by atoms with Gasteiger partial charge in [-0.1, -0.05) is 19.9 Å². The van der Waals surface area contributed by atoms with Crippen LogP contribution >= 0.6 is 0 Å². The summed E-state index contributed by atoms with van der Waals surface area (Å²) in [5.41, 5.74) is 4.03. The number of aromatic nitrogens is 1. The summed E-state index contributed by atoms with van der Waals surface area (Å²) in [5.74, 6) is -0.799. The Morgan fingerprint density at radius 2 is 2.00 bits per heavy atom. The van der Waals surface area contributed by atoms with E-state index in [-0.39, 0.29) is 12.5 Å². The minimum Gasteiger partial charge on any atom is -0.480 e. The van der Waals surface area contributed by atoms with Crippen LogP contribution in [0.25, 0.3) is 0 Å². The van der Waals surface area contributed by atoms with Crippen LogP contribution in [0.3, 0.4) is 0 Å². The van der Waals surface area contributed by atoms with Gasteiger partial charge in [0.05, 0.1) is 6.54 Å². The molecule has 0 atom stereocenters. The number of carbonyl (C=O) groups is 2. The van der Waals surface area contributed by atoms with Gasteiger partial charge in [0.25, 0.3) is 5.91 Å². The smallest absolute Gasteiger partial charge is 0.323 e. The van der Waals surface area contributed by atoms with Crippen molar-refractivity contribution in [3.63, 3.8) is 0 Å². The van der Waals surface area contributed by atoms with Crippen molar-refractivity contribution in [2.75, 3.05) is 12.0 Å². The van der Waals surface area contributed by atoms with Crippen LogP contribution in [0.1, 0.15) is 26.7 Å². The van der Waals surface area contributed by atoms with Gasteiger partial charge in [0.15, 0.2) is 0 Å². The maximum atomic E-state index is 11.7. The monoisotopic (exact) mass is 280 g/mol. The van der Waals surface area contributed by atoms with Crippen molar-refractivity contribution in [3.8, 4) is 0 Å². The minimum absolute atomic E-state index is 0.0895. The molecule has 110 valence electrons. The molecule has 4 N–H and O–H groups in total. The van der Waals surface area contributed by atoms with Crippen LogP contribution in [0.5, 0.6) is 0 Å². The van der Waals surface area contributed by atoms with E-state index in [1.807, 2.05) is 0 Å². The van der Waals surface area contributed by atoms with E-state index in [2.05, 4.69) is 21.2 Å². The van der Waals surface area contributed by atoms with Crippen molar-refractivity contribution in [1.29, 1.82) is 0 Å². The molecule has 7 nitrogen and oxygen atoms in total. The Kier molecular flexibility index (Phi) is 5.92. The van der Waals surface area contributed by atoms with Crippen molar-refractivity contribution in [2.24, 2.45) is 0 Å². The molecule has 1 heterocycles. The summed E-state index contributed by atoms with van der Waals surface area (Å²) >= 11 is 0. The molecule has 20 heavy (non-hydrogen) atoms. The third-order valence-corrected chi connectivity index (χ3v) is 3.20. The number of nitrogens with zero attached hydrogens (tertiary/aromatic N) is 1. The summed E-state index contributed by atoms with van der Waals surface area (Å²) in [5, 5.41) is 12.0. The number of amides is 1. The zero-order valence-corrected chi connectivity index (χ0v) is 11.6. The van der Waals surface area contributed by atoms with Crippen LogP contribution in [0.15, 0.2) is 24.4 Å². The lowest BCUT2D eigenvalue weighted by Crippen LogP contribution is -2.54. The third kappa shape index (κ3) is 4.20. The second kappa shape index (κ2) is 7.44.